The van der Waals surface area contributed by atoms with Crippen LogP contribution in [-0.4, -0.2) is 25.5 Å². The number of hydrogen-bond acceptors (Lipinski definition) is 1. The van der Waals surface area contributed by atoms with Gasteiger partial charge in [-0.25, -0.2) is 0 Å². The molecule has 0 aromatic carbocycles. The first kappa shape index (κ1) is 17.0. The molecule has 1 heteroatoms. The Morgan fingerprint density at radius 2 is 1.59 bits per heavy atom. The fourth-order valence-electron chi connectivity index (χ4n) is 2.61. The van der Waals surface area contributed by atoms with Crippen LogP contribution < -0.4 is 0 Å². The highest BCUT2D eigenvalue weighted by atomic mass is 15.1. The molecule has 17 heavy (non-hydrogen) atoms. The molecule has 0 rings (SSSR count). The van der Waals surface area contributed by atoms with Gasteiger partial charge in [0, 0.05) is 6.54 Å². The minimum absolute atomic E-state index is 0.852. The van der Waals surface area contributed by atoms with Crippen molar-refractivity contribution in [3.8, 4) is 0 Å². The van der Waals surface area contributed by atoms with Gasteiger partial charge in [0.1, 0.15) is 0 Å². The summed E-state index contributed by atoms with van der Waals surface area (Å²) in [5.74, 6) is 2.66. The van der Waals surface area contributed by atoms with Gasteiger partial charge in [0.15, 0.2) is 0 Å². The lowest BCUT2D eigenvalue weighted by molar-refractivity contribution is 0.254. The van der Waals surface area contributed by atoms with Gasteiger partial charge in [0.25, 0.3) is 0 Å². The third-order valence-corrected chi connectivity index (χ3v) is 3.56. The summed E-state index contributed by atoms with van der Waals surface area (Å²) in [4.78, 5) is 2.36. The second-order valence-corrected chi connectivity index (χ2v) is 6.58. The van der Waals surface area contributed by atoms with Crippen LogP contribution in [0, 0.1) is 17.8 Å². The Labute approximate surface area is 110 Å². The Morgan fingerprint density at radius 1 is 0.941 bits per heavy atom. The Morgan fingerprint density at radius 3 is 2.06 bits per heavy atom. The number of nitrogens with zero attached hydrogens (tertiary/aromatic N) is 1. The van der Waals surface area contributed by atoms with Gasteiger partial charge in [0.2, 0.25) is 0 Å². The molecule has 0 amide bonds. The smallest absolute Gasteiger partial charge is 0.000366 e. The van der Waals surface area contributed by atoms with Crippen LogP contribution in [0.3, 0.4) is 0 Å². The van der Waals surface area contributed by atoms with Gasteiger partial charge in [-0.05, 0) is 44.7 Å². The van der Waals surface area contributed by atoms with Crippen LogP contribution in [0.25, 0.3) is 0 Å². The van der Waals surface area contributed by atoms with Crippen molar-refractivity contribution in [3.63, 3.8) is 0 Å². The average molecular weight is 241 g/mol. The Bertz CT molecular complexity index is 163. The Kier molecular flexibility index (Phi) is 9.91. The van der Waals surface area contributed by atoms with Crippen molar-refractivity contribution in [2.75, 3.05) is 20.6 Å². The third-order valence-electron chi connectivity index (χ3n) is 3.56. The molecule has 0 aliphatic carbocycles. The lowest BCUT2D eigenvalue weighted by atomic mass is 9.87. The molecule has 0 N–H and O–H groups in total. The highest BCUT2D eigenvalue weighted by molar-refractivity contribution is 4.67. The van der Waals surface area contributed by atoms with E-state index in [1.165, 1.54) is 45.1 Å². The van der Waals surface area contributed by atoms with E-state index in [2.05, 4.69) is 46.7 Å². The molecule has 1 nitrogen and oxygen atoms in total. The van der Waals surface area contributed by atoms with E-state index in [4.69, 9.17) is 0 Å². The fraction of sp³-hybridized carbons (Fsp3) is 1.00. The van der Waals surface area contributed by atoms with Crippen molar-refractivity contribution in [2.24, 2.45) is 17.8 Å². The van der Waals surface area contributed by atoms with E-state index in [9.17, 15) is 0 Å². The van der Waals surface area contributed by atoms with E-state index in [0.29, 0.717) is 0 Å². The van der Waals surface area contributed by atoms with Crippen molar-refractivity contribution in [2.45, 2.75) is 66.2 Å². The van der Waals surface area contributed by atoms with E-state index < -0.39 is 0 Å². The molecule has 0 saturated heterocycles. The van der Waals surface area contributed by atoms with Crippen LogP contribution in [0.15, 0.2) is 0 Å². The first-order valence-electron chi connectivity index (χ1n) is 7.60. The predicted molar refractivity (Wildman–Crippen MR) is 79.4 cm³/mol. The SMILES string of the molecule is CCCCC(C)CC(CCC(C)C)CN(C)C. The summed E-state index contributed by atoms with van der Waals surface area (Å²) >= 11 is 0. The molecule has 0 bridgehead atoms. The second-order valence-electron chi connectivity index (χ2n) is 6.58. The van der Waals surface area contributed by atoms with Crippen LogP contribution in [0.1, 0.15) is 66.2 Å². The van der Waals surface area contributed by atoms with E-state index in [-0.39, 0.29) is 0 Å². The summed E-state index contributed by atoms with van der Waals surface area (Å²) in [6.45, 7) is 10.7. The summed E-state index contributed by atoms with van der Waals surface area (Å²) < 4.78 is 0. The van der Waals surface area contributed by atoms with E-state index in [0.717, 1.165) is 17.8 Å². The molecule has 2 unspecified atom stereocenters. The van der Waals surface area contributed by atoms with Crippen LogP contribution >= 0.6 is 0 Å². The summed E-state index contributed by atoms with van der Waals surface area (Å²) in [6.07, 6.45) is 8.38. The normalized spacial score (nSPS) is 15.5. The van der Waals surface area contributed by atoms with Gasteiger partial charge >= 0.3 is 0 Å². The molecule has 0 aliphatic heterocycles. The zero-order valence-corrected chi connectivity index (χ0v) is 13.1. The second kappa shape index (κ2) is 9.94. The Hall–Kier alpha value is -0.0400. The van der Waals surface area contributed by atoms with Crippen molar-refractivity contribution >= 4 is 0 Å². The number of unbranched alkanes of at least 4 members (excludes halogenated alkanes) is 1. The van der Waals surface area contributed by atoms with Gasteiger partial charge in [-0.1, -0.05) is 53.4 Å². The highest BCUT2D eigenvalue weighted by Crippen LogP contribution is 2.23. The lowest BCUT2D eigenvalue weighted by Crippen LogP contribution is -2.23. The summed E-state index contributed by atoms with van der Waals surface area (Å²) in [7, 11) is 4.41. The first-order valence-corrected chi connectivity index (χ1v) is 7.60. The molecule has 0 aliphatic rings. The summed E-state index contributed by atoms with van der Waals surface area (Å²) in [5.41, 5.74) is 0. The molecule has 2 atom stereocenters. The summed E-state index contributed by atoms with van der Waals surface area (Å²) in [5, 5.41) is 0. The maximum Gasteiger partial charge on any atom is 0.000366 e. The van der Waals surface area contributed by atoms with Crippen LogP contribution in [0.4, 0.5) is 0 Å². The quantitative estimate of drug-likeness (QED) is 0.530. The average Bonchev–Trinajstić information content (AvgIpc) is 2.22. The zero-order chi connectivity index (χ0) is 13.3. The van der Waals surface area contributed by atoms with E-state index >= 15 is 0 Å². The topological polar surface area (TPSA) is 3.24 Å². The van der Waals surface area contributed by atoms with Gasteiger partial charge in [-0.15, -0.1) is 0 Å². The van der Waals surface area contributed by atoms with Crippen molar-refractivity contribution in [1.29, 1.82) is 0 Å². The molecule has 104 valence electrons. The van der Waals surface area contributed by atoms with Gasteiger partial charge in [-0.3, -0.25) is 0 Å². The van der Waals surface area contributed by atoms with Crippen molar-refractivity contribution in [3.05, 3.63) is 0 Å². The first-order chi connectivity index (χ1) is 7.95. The van der Waals surface area contributed by atoms with Gasteiger partial charge < -0.3 is 4.90 Å². The molecule has 0 saturated carbocycles. The fourth-order valence-corrected chi connectivity index (χ4v) is 2.61. The molecule has 0 fully saturated rings. The summed E-state index contributed by atoms with van der Waals surface area (Å²) in [6, 6.07) is 0. The number of hydrogen-bond donors (Lipinski definition) is 0. The van der Waals surface area contributed by atoms with Crippen molar-refractivity contribution < 1.29 is 0 Å². The van der Waals surface area contributed by atoms with E-state index in [1.54, 1.807) is 0 Å². The van der Waals surface area contributed by atoms with Crippen LogP contribution in [-0.2, 0) is 0 Å². The van der Waals surface area contributed by atoms with Crippen LogP contribution in [0.5, 0.6) is 0 Å². The molecule has 0 aromatic heterocycles. The van der Waals surface area contributed by atoms with Gasteiger partial charge in [0.05, 0.1) is 0 Å². The molecule has 0 heterocycles. The maximum absolute atomic E-state index is 2.44. The third kappa shape index (κ3) is 10.8. The molecule has 0 aromatic rings. The predicted octanol–water partition coefficient (Wildman–Crippen LogP) is 4.82. The van der Waals surface area contributed by atoms with E-state index in [1.807, 2.05) is 0 Å². The van der Waals surface area contributed by atoms with Crippen LogP contribution in [0.2, 0.25) is 0 Å². The van der Waals surface area contributed by atoms with Gasteiger partial charge in [-0.2, -0.15) is 0 Å². The highest BCUT2D eigenvalue weighted by Gasteiger charge is 2.14. The molecule has 0 radical (unpaired) electrons. The monoisotopic (exact) mass is 241 g/mol. The van der Waals surface area contributed by atoms with Crippen molar-refractivity contribution in [1.82, 2.24) is 4.90 Å². The maximum atomic E-state index is 2.44. The molecular weight excluding hydrogens is 206 g/mol. The standard InChI is InChI=1S/C16H35N/c1-7-8-9-15(4)12-16(13-17(5)6)11-10-14(2)3/h14-16H,7-13H2,1-6H3. The zero-order valence-electron chi connectivity index (χ0n) is 13.1. The minimum Gasteiger partial charge on any atom is -0.309 e. The largest absolute Gasteiger partial charge is 0.309 e. The molecule has 0 spiro atoms. The Balaban J connectivity index is 3.98. The lowest BCUT2D eigenvalue weighted by Gasteiger charge is -2.25. The minimum atomic E-state index is 0.852. The molecular formula is C16H35N. The number of rotatable bonds is 10.